The van der Waals surface area contributed by atoms with Crippen molar-refractivity contribution in [3.05, 3.63) is 52.1 Å². The van der Waals surface area contributed by atoms with Crippen LogP contribution in [0.3, 0.4) is 0 Å². The van der Waals surface area contributed by atoms with Gasteiger partial charge in [-0.1, -0.05) is 12.1 Å². The van der Waals surface area contributed by atoms with E-state index >= 15 is 0 Å². The minimum absolute atomic E-state index is 0.140. The Labute approximate surface area is 125 Å². The first kappa shape index (κ1) is 14.1. The van der Waals surface area contributed by atoms with Gasteiger partial charge in [0.15, 0.2) is 0 Å². The highest BCUT2D eigenvalue weighted by atomic mass is 79.9. The Morgan fingerprint density at radius 3 is 2.68 bits per heavy atom. The summed E-state index contributed by atoms with van der Waals surface area (Å²) in [6.45, 7) is 1.88. The Balaban J connectivity index is 2.23. The van der Waals surface area contributed by atoms with Crippen molar-refractivity contribution in [3.8, 4) is 0 Å². The molecule has 0 fully saturated rings. The minimum Gasteiger partial charge on any atom is -0.307 e. The van der Waals surface area contributed by atoms with E-state index in [2.05, 4.69) is 26.2 Å². The van der Waals surface area contributed by atoms with Crippen LogP contribution in [0.1, 0.15) is 16.1 Å². The van der Waals surface area contributed by atoms with Gasteiger partial charge in [0.2, 0.25) is 0 Å². The molecule has 0 aliphatic heterocycles. The Morgan fingerprint density at radius 2 is 2.00 bits per heavy atom. The van der Waals surface area contributed by atoms with Crippen molar-refractivity contribution < 1.29 is 4.79 Å². The fourth-order valence-electron chi connectivity index (χ4n) is 1.63. The Bertz CT molecular complexity index is 616. The second-order valence-corrected chi connectivity index (χ2v) is 5.62. The number of carbonyl (C=O) groups excluding carboxylic acids is 1. The predicted molar refractivity (Wildman–Crippen MR) is 82.9 cm³/mol. The fraction of sp³-hybridized carbons (Fsp3) is 0.143. The lowest BCUT2D eigenvalue weighted by molar-refractivity contribution is 0.102. The van der Waals surface area contributed by atoms with Crippen LogP contribution in [0.15, 0.2) is 45.8 Å². The lowest BCUT2D eigenvalue weighted by Gasteiger charge is -2.08. The van der Waals surface area contributed by atoms with Gasteiger partial charge in [-0.25, -0.2) is 4.98 Å². The van der Waals surface area contributed by atoms with E-state index in [1.54, 1.807) is 17.8 Å². The van der Waals surface area contributed by atoms with Crippen LogP contribution in [-0.2, 0) is 0 Å². The number of nitrogens with one attached hydrogen (secondary N) is 1. The molecular formula is C14H13BrN2OS. The first-order valence-electron chi connectivity index (χ1n) is 5.69. The summed E-state index contributed by atoms with van der Waals surface area (Å²) in [4.78, 5) is 17.5. The van der Waals surface area contributed by atoms with Crippen LogP contribution in [0.2, 0.25) is 0 Å². The van der Waals surface area contributed by atoms with E-state index in [1.165, 1.54) is 0 Å². The van der Waals surface area contributed by atoms with Gasteiger partial charge in [0.1, 0.15) is 5.82 Å². The number of pyridine rings is 1. The lowest BCUT2D eigenvalue weighted by atomic mass is 10.2. The molecule has 5 heteroatoms. The molecule has 0 unspecified atom stereocenters. The van der Waals surface area contributed by atoms with Crippen LogP contribution >= 0.6 is 27.7 Å². The number of halogens is 1. The smallest absolute Gasteiger partial charge is 0.257 e. The van der Waals surface area contributed by atoms with Gasteiger partial charge >= 0.3 is 0 Å². The van der Waals surface area contributed by atoms with E-state index in [4.69, 9.17) is 0 Å². The molecule has 2 rings (SSSR count). The third-order valence-corrected chi connectivity index (χ3v) is 4.25. The molecule has 0 saturated heterocycles. The van der Waals surface area contributed by atoms with E-state index < -0.39 is 0 Å². The van der Waals surface area contributed by atoms with Crippen molar-refractivity contribution >= 4 is 39.4 Å². The molecular weight excluding hydrogens is 324 g/mol. The van der Waals surface area contributed by atoms with Gasteiger partial charge in [-0.3, -0.25) is 4.79 Å². The molecule has 1 aromatic heterocycles. The van der Waals surface area contributed by atoms with Gasteiger partial charge in [0, 0.05) is 9.37 Å². The zero-order valence-electron chi connectivity index (χ0n) is 10.6. The molecule has 98 valence electrons. The van der Waals surface area contributed by atoms with Gasteiger partial charge in [-0.2, -0.15) is 0 Å². The van der Waals surface area contributed by atoms with Crippen molar-refractivity contribution in [1.29, 1.82) is 0 Å². The second-order valence-electron chi connectivity index (χ2n) is 3.92. The molecule has 1 aromatic carbocycles. The van der Waals surface area contributed by atoms with E-state index in [-0.39, 0.29) is 5.91 Å². The van der Waals surface area contributed by atoms with Crippen molar-refractivity contribution in [2.24, 2.45) is 0 Å². The van der Waals surface area contributed by atoms with Crippen molar-refractivity contribution in [2.75, 3.05) is 11.6 Å². The van der Waals surface area contributed by atoms with Crippen LogP contribution in [0.5, 0.6) is 0 Å². The number of nitrogens with zero attached hydrogens (tertiary/aromatic N) is 1. The van der Waals surface area contributed by atoms with Crippen LogP contribution in [-0.4, -0.2) is 17.1 Å². The van der Waals surface area contributed by atoms with E-state index in [0.717, 1.165) is 15.1 Å². The summed E-state index contributed by atoms with van der Waals surface area (Å²) in [5.41, 5.74) is 1.51. The van der Waals surface area contributed by atoms with E-state index in [1.807, 2.05) is 43.5 Å². The molecule has 0 aliphatic carbocycles. The number of benzene rings is 1. The number of carbonyl (C=O) groups is 1. The van der Waals surface area contributed by atoms with Gasteiger partial charge in [0.05, 0.1) is 11.3 Å². The number of anilines is 1. The number of rotatable bonds is 3. The summed E-state index contributed by atoms with van der Waals surface area (Å²) >= 11 is 4.94. The molecule has 1 amide bonds. The van der Waals surface area contributed by atoms with Crippen LogP contribution < -0.4 is 5.32 Å². The molecule has 0 radical (unpaired) electrons. The number of amides is 1. The first-order valence-corrected chi connectivity index (χ1v) is 7.71. The number of hydrogen-bond donors (Lipinski definition) is 1. The average Bonchev–Trinajstić information content (AvgIpc) is 2.43. The molecule has 1 heterocycles. The van der Waals surface area contributed by atoms with Crippen molar-refractivity contribution in [2.45, 2.75) is 11.8 Å². The summed E-state index contributed by atoms with van der Waals surface area (Å²) in [7, 11) is 0. The molecule has 1 N–H and O–H groups in total. The average molecular weight is 337 g/mol. The molecule has 0 saturated carbocycles. The quantitative estimate of drug-likeness (QED) is 0.857. The first-order chi connectivity index (χ1) is 9.11. The highest BCUT2D eigenvalue weighted by molar-refractivity contribution is 9.10. The van der Waals surface area contributed by atoms with Crippen molar-refractivity contribution in [1.82, 2.24) is 4.98 Å². The highest BCUT2D eigenvalue weighted by Crippen LogP contribution is 2.21. The van der Waals surface area contributed by atoms with E-state index in [0.29, 0.717) is 11.4 Å². The van der Waals surface area contributed by atoms with Gasteiger partial charge in [-0.15, -0.1) is 11.8 Å². The summed E-state index contributed by atoms with van der Waals surface area (Å²) in [6, 6.07) is 11.2. The molecule has 3 nitrogen and oxygen atoms in total. The van der Waals surface area contributed by atoms with Crippen molar-refractivity contribution in [3.63, 3.8) is 0 Å². The van der Waals surface area contributed by atoms with Crippen LogP contribution in [0.4, 0.5) is 5.82 Å². The maximum absolute atomic E-state index is 12.2. The summed E-state index contributed by atoms with van der Waals surface area (Å²) < 4.78 is 0.926. The number of aryl methyl sites for hydroxylation is 1. The molecule has 0 aliphatic rings. The third-order valence-electron chi connectivity index (χ3n) is 2.61. The largest absolute Gasteiger partial charge is 0.307 e. The van der Waals surface area contributed by atoms with E-state index in [9.17, 15) is 4.79 Å². The maximum Gasteiger partial charge on any atom is 0.257 e. The fourth-order valence-corrected chi connectivity index (χ4v) is 2.45. The third kappa shape index (κ3) is 3.36. The zero-order valence-corrected chi connectivity index (χ0v) is 13.0. The maximum atomic E-state index is 12.2. The summed E-state index contributed by atoms with van der Waals surface area (Å²) in [5, 5.41) is 2.82. The summed E-state index contributed by atoms with van der Waals surface area (Å²) in [5.74, 6) is 0.417. The number of aromatic nitrogens is 1. The SMILES string of the molecule is CSc1ccccc1C(=O)Nc1ccc(Br)c(C)n1. The molecule has 0 atom stereocenters. The lowest BCUT2D eigenvalue weighted by Crippen LogP contribution is -2.14. The van der Waals surface area contributed by atoms with Gasteiger partial charge in [0.25, 0.3) is 5.91 Å². The van der Waals surface area contributed by atoms with Crippen LogP contribution in [0, 0.1) is 6.92 Å². The zero-order chi connectivity index (χ0) is 13.8. The monoisotopic (exact) mass is 336 g/mol. The minimum atomic E-state index is -0.140. The van der Waals surface area contributed by atoms with Gasteiger partial charge in [-0.05, 0) is 53.4 Å². The highest BCUT2D eigenvalue weighted by Gasteiger charge is 2.11. The predicted octanol–water partition coefficient (Wildman–Crippen LogP) is 4.13. The topological polar surface area (TPSA) is 42.0 Å². The molecule has 0 spiro atoms. The normalized spacial score (nSPS) is 10.3. The Hall–Kier alpha value is -1.33. The second kappa shape index (κ2) is 6.21. The molecule has 2 aromatic rings. The van der Waals surface area contributed by atoms with Crippen LogP contribution in [0.25, 0.3) is 0 Å². The molecule has 0 bridgehead atoms. The Morgan fingerprint density at radius 1 is 1.26 bits per heavy atom. The number of thioether (sulfide) groups is 1. The molecule has 19 heavy (non-hydrogen) atoms. The number of hydrogen-bond acceptors (Lipinski definition) is 3. The van der Waals surface area contributed by atoms with Gasteiger partial charge < -0.3 is 5.32 Å². The standard InChI is InChI=1S/C14H13BrN2OS/c1-9-11(15)7-8-13(16-9)17-14(18)10-5-3-4-6-12(10)19-2/h3-8H,1-2H3,(H,16,17,18). The summed E-state index contributed by atoms with van der Waals surface area (Å²) in [6.07, 6.45) is 1.95. The Kier molecular flexibility index (Phi) is 4.61.